The molecule has 0 aliphatic carbocycles. The van der Waals surface area contributed by atoms with Crippen LogP contribution < -0.4 is 4.74 Å². The molecule has 0 fully saturated rings. The first kappa shape index (κ1) is 16.3. The zero-order valence-electron chi connectivity index (χ0n) is 13.5. The smallest absolute Gasteiger partial charge is 0.167 e. The highest BCUT2D eigenvalue weighted by Crippen LogP contribution is 2.31. The molecule has 0 aliphatic rings. The second kappa shape index (κ2) is 7.84. The summed E-state index contributed by atoms with van der Waals surface area (Å²) >= 11 is 0. The van der Waals surface area contributed by atoms with Gasteiger partial charge in [-0.25, -0.2) is 0 Å². The molecule has 0 spiro atoms. The van der Waals surface area contributed by atoms with Crippen molar-refractivity contribution in [2.45, 2.75) is 21.6 Å². The Balaban J connectivity index is 1.93. The highest BCUT2D eigenvalue weighted by molar-refractivity contribution is 7.97. The van der Waals surface area contributed by atoms with Gasteiger partial charge in [0, 0.05) is 0 Å². The Morgan fingerprint density at radius 1 is 0.750 bits per heavy atom. The monoisotopic (exact) mass is 335 g/mol. The number of benzene rings is 3. The summed E-state index contributed by atoms with van der Waals surface area (Å²) in [5, 5.41) is 0. The first-order valence-corrected chi connectivity index (χ1v) is 9.03. The molecule has 3 aromatic rings. The van der Waals surface area contributed by atoms with Gasteiger partial charge in [0.1, 0.15) is 12.4 Å². The molecule has 0 heterocycles. The Labute approximate surface area is 145 Å². The molecule has 0 N–H and O–H groups in total. The van der Waals surface area contributed by atoms with E-state index in [1.54, 1.807) is 0 Å². The van der Waals surface area contributed by atoms with Gasteiger partial charge in [0.15, 0.2) is 20.5 Å². The van der Waals surface area contributed by atoms with Gasteiger partial charge in [-0.2, -0.15) is 0 Å². The van der Waals surface area contributed by atoms with Gasteiger partial charge in [-0.3, -0.25) is 4.79 Å². The molecule has 120 valence electrons. The quantitative estimate of drug-likeness (QED) is 0.608. The van der Waals surface area contributed by atoms with Crippen LogP contribution in [0.4, 0.5) is 0 Å². The molecule has 0 unspecified atom stereocenters. The molecule has 0 amide bonds. The molecule has 0 aromatic heterocycles. The van der Waals surface area contributed by atoms with E-state index in [2.05, 4.69) is 60.7 Å². The number of hydrogen-bond donors (Lipinski definition) is 0. The Kier molecular flexibility index (Phi) is 5.34. The van der Waals surface area contributed by atoms with E-state index >= 15 is 0 Å². The lowest BCUT2D eigenvalue weighted by atomic mass is 10.3. The summed E-state index contributed by atoms with van der Waals surface area (Å²) in [6, 6.07) is 29.0. The number of carbonyl (C=O) groups excluding carboxylic acids is 1. The van der Waals surface area contributed by atoms with Crippen LogP contribution in [0.1, 0.15) is 6.92 Å². The second-order valence-corrected chi connectivity index (χ2v) is 7.42. The standard InChI is InChI=1S/C21H19O2S/c1-17(22)16-23-18-12-14-21(15-13-18)24(19-8-4-2-5-9-19)20-10-6-3-7-11-20/h2-15H,16H2,1H3/q+1. The van der Waals surface area contributed by atoms with Crippen molar-refractivity contribution in [1.82, 2.24) is 0 Å². The highest BCUT2D eigenvalue weighted by atomic mass is 32.2. The van der Waals surface area contributed by atoms with Gasteiger partial charge >= 0.3 is 0 Å². The van der Waals surface area contributed by atoms with Crippen molar-refractivity contribution >= 4 is 16.7 Å². The van der Waals surface area contributed by atoms with Crippen LogP contribution in [-0.2, 0) is 15.7 Å². The summed E-state index contributed by atoms with van der Waals surface area (Å²) in [6.45, 7) is 1.64. The molecule has 0 bridgehead atoms. The molecule has 3 heteroatoms. The van der Waals surface area contributed by atoms with Crippen LogP contribution in [0.25, 0.3) is 0 Å². The molecule has 3 rings (SSSR count). The van der Waals surface area contributed by atoms with Crippen LogP contribution in [0.2, 0.25) is 0 Å². The molecular weight excluding hydrogens is 316 g/mol. The zero-order valence-corrected chi connectivity index (χ0v) is 14.3. The van der Waals surface area contributed by atoms with Crippen LogP contribution in [0.15, 0.2) is 99.6 Å². The fraction of sp³-hybridized carbons (Fsp3) is 0.0952. The van der Waals surface area contributed by atoms with Crippen molar-refractivity contribution in [3.8, 4) is 5.75 Å². The summed E-state index contributed by atoms with van der Waals surface area (Å²) in [6.07, 6.45) is 0. The Morgan fingerprint density at radius 2 is 1.21 bits per heavy atom. The third kappa shape index (κ3) is 4.06. The van der Waals surface area contributed by atoms with Crippen LogP contribution in [-0.4, -0.2) is 12.4 Å². The topological polar surface area (TPSA) is 26.3 Å². The largest absolute Gasteiger partial charge is 0.486 e. The second-order valence-electron chi connectivity index (χ2n) is 5.39. The number of hydrogen-bond acceptors (Lipinski definition) is 2. The number of carbonyl (C=O) groups is 1. The molecule has 3 aromatic carbocycles. The molecule has 24 heavy (non-hydrogen) atoms. The summed E-state index contributed by atoms with van der Waals surface area (Å²) in [7, 11) is -0.158. The Bertz CT molecular complexity index is 744. The van der Waals surface area contributed by atoms with E-state index in [-0.39, 0.29) is 23.3 Å². The molecule has 0 aliphatic heterocycles. The minimum atomic E-state index is -0.158. The maximum Gasteiger partial charge on any atom is 0.167 e. The molecule has 0 radical (unpaired) electrons. The van der Waals surface area contributed by atoms with Gasteiger partial charge in [0.05, 0.1) is 10.9 Å². The van der Waals surface area contributed by atoms with Gasteiger partial charge in [0.25, 0.3) is 0 Å². The van der Waals surface area contributed by atoms with Gasteiger partial charge in [-0.15, -0.1) is 0 Å². The van der Waals surface area contributed by atoms with Crippen molar-refractivity contribution in [3.05, 3.63) is 84.9 Å². The number of Topliss-reactive ketones (excluding diaryl/α,β-unsaturated/α-hetero) is 1. The zero-order chi connectivity index (χ0) is 16.8. The minimum Gasteiger partial charge on any atom is -0.486 e. The maximum absolute atomic E-state index is 11.0. The van der Waals surface area contributed by atoms with Crippen LogP contribution >= 0.6 is 0 Å². The first-order chi connectivity index (χ1) is 11.7. The molecular formula is C21H19O2S+. The third-order valence-corrected chi connectivity index (χ3v) is 5.69. The average Bonchev–Trinajstić information content (AvgIpc) is 2.63. The van der Waals surface area contributed by atoms with Gasteiger partial charge < -0.3 is 4.74 Å². The lowest BCUT2D eigenvalue weighted by molar-refractivity contribution is -0.118. The summed E-state index contributed by atoms with van der Waals surface area (Å²) in [4.78, 5) is 14.8. The van der Waals surface area contributed by atoms with E-state index in [1.165, 1.54) is 21.6 Å². The maximum atomic E-state index is 11.0. The van der Waals surface area contributed by atoms with Gasteiger partial charge in [0.2, 0.25) is 0 Å². The normalized spacial score (nSPS) is 10.6. The van der Waals surface area contributed by atoms with E-state index in [4.69, 9.17) is 4.74 Å². The highest BCUT2D eigenvalue weighted by Gasteiger charge is 2.28. The van der Waals surface area contributed by atoms with Gasteiger partial charge in [-0.05, 0) is 55.5 Å². The number of ether oxygens (including phenoxy) is 1. The molecule has 0 saturated carbocycles. The lowest BCUT2D eigenvalue weighted by Crippen LogP contribution is -2.07. The minimum absolute atomic E-state index is 0.0207. The van der Waals surface area contributed by atoms with Crippen LogP contribution in [0, 0.1) is 0 Å². The predicted molar refractivity (Wildman–Crippen MR) is 97.7 cm³/mol. The van der Waals surface area contributed by atoms with E-state index in [9.17, 15) is 4.79 Å². The summed E-state index contributed by atoms with van der Waals surface area (Å²) < 4.78 is 5.47. The van der Waals surface area contributed by atoms with Crippen molar-refractivity contribution in [3.63, 3.8) is 0 Å². The van der Waals surface area contributed by atoms with E-state index in [1.807, 2.05) is 24.3 Å². The van der Waals surface area contributed by atoms with Gasteiger partial charge in [-0.1, -0.05) is 36.4 Å². The fourth-order valence-electron chi connectivity index (χ4n) is 2.38. The van der Waals surface area contributed by atoms with Crippen molar-refractivity contribution < 1.29 is 9.53 Å². The lowest BCUT2D eigenvalue weighted by Gasteiger charge is -2.09. The average molecular weight is 335 g/mol. The summed E-state index contributed by atoms with van der Waals surface area (Å²) in [5.41, 5.74) is 0. The Morgan fingerprint density at radius 3 is 1.67 bits per heavy atom. The van der Waals surface area contributed by atoms with E-state index in [0.717, 1.165) is 5.75 Å². The van der Waals surface area contributed by atoms with Crippen molar-refractivity contribution in [2.75, 3.05) is 6.61 Å². The van der Waals surface area contributed by atoms with E-state index in [0.29, 0.717) is 0 Å². The third-order valence-electron chi connectivity index (χ3n) is 3.46. The van der Waals surface area contributed by atoms with Crippen LogP contribution in [0.3, 0.4) is 0 Å². The SMILES string of the molecule is CC(=O)COc1ccc([S+](c2ccccc2)c2ccccc2)cc1. The Hall–Kier alpha value is -2.52. The molecule has 0 atom stereocenters. The molecule has 2 nitrogen and oxygen atoms in total. The van der Waals surface area contributed by atoms with E-state index < -0.39 is 0 Å². The predicted octanol–water partition coefficient (Wildman–Crippen LogP) is 4.75. The number of ketones is 1. The molecule has 0 saturated heterocycles. The first-order valence-electron chi connectivity index (χ1n) is 7.81. The fourth-order valence-corrected chi connectivity index (χ4v) is 4.46. The number of rotatable bonds is 6. The van der Waals surface area contributed by atoms with Crippen molar-refractivity contribution in [2.24, 2.45) is 0 Å². The summed E-state index contributed by atoms with van der Waals surface area (Å²) in [5.74, 6) is 0.742. The van der Waals surface area contributed by atoms with Crippen molar-refractivity contribution in [1.29, 1.82) is 0 Å². The van der Waals surface area contributed by atoms with Crippen LogP contribution in [0.5, 0.6) is 5.75 Å².